The minimum atomic E-state index is -3.71. The summed E-state index contributed by atoms with van der Waals surface area (Å²) in [6.07, 6.45) is 1.50. The van der Waals surface area contributed by atoms with E-state index in [1.54, 1.807) is 18.4 Å². The van der Waals surface area contributed by atoms with E-state index in [4.69, 9.17) is 12.2 Å². The zero-order chi connectivity index (χ0) is 20.9. The Hall–Kier alpha value is -2.24. The number of H-pyrrole nitrogens is 1. The molecule has 0 aliphatic carbocycles. The Morgan fingerprint density at radius 1 is 1.32 bits per heavy atom. The molecule has 0 atom stereocenters. The molecule has 1 amide bonds. The van der Waals surface area contributed by atoms with Crippen molar-refractivity contribution in [2.45, 2.75) is 45.1 Å². The highest BCUT2D eigenvalue weighted by Gasteiger charge is 2.23. The molecule has 2 aromatic rings. The molecule has 0 aliphatic heterocycles. The molecule has 9 nitrogen and oxygen atoms in total. The van der Waals surface area contributed by atoms with Crippen LogP contribution in [0.2, 0.25) is 0 Å². The van der Waals surface area contributed by atoms with Crippen molar-refractivity contribution in [3.8, 4) is 5.75 Å². The average molecular weight is 428 g/mol. The van der Waals surface area contributed by atoms with Crippen molar-refractivity contribution in [2.24, 2.45) is 0 Å². The van der Waals surface area contributed by atoms with E-state index in [2.05, 4.69) is 15.5 Å². The van der Waals surface area contributed by atoms with Gasteiger partial charge in [0.15, 0.2) is 4.77 Å². The number of phenolic OH excluding ortho intramolecular Hbond substituents is 1. The second-order valence-corrected chi connectivity index (χ2v) is 8.42. The molecule has 154 valence electrons. The van der Waals surface area contributed by atoms with Crippen LogP contribution in [-0.4, -0.2) is 51.6 Å². The van der Waals surface area contributed by atoms with Gasteiger partial charge in [0, 0.05) is 19.5 Å². The summed E-state index contributed by atoms with van der Waals surface area (Å²) in [5.41, 5.74) is 0.0188. The molecule has 0 spiro atoms. The second-order valence-electron chi connectivity index (χ2n) is 6.10. The molecule has 0 aliphatic rings. The van der Waals surface area contributed by atoms with Gasteiger partial charge in [-0.2, -0.15) is 9.40 Å². The van der Waals surface area contributed by atoms with Crippen LogP contribution in [-0.2, 0) is 27.8 Å². The van der Waals surface area contributed by atoms with Crippen LogP contribution in [0.3, 0.4) is 0 Å². The quantitative estimate of drug-likeness (QED) is 0.417. The highest BCUT2D eigenvalue weighted by Crippen LogP contribution is 2.28. The van der Waals surface area contributed by atoms with E-state index in [-0.39, 0.29) is 22.9 Å². The van der Waals surface area contributed by atoms with E-state index in [1.165, 1.54) is 22.5 Å². The molecule has 0 saturated heterocycles. The first-order valence-corrected chi connectivity index (χ1v) is 10.9. The van der Waals surface area contributed by atoms with E-state index in [0.29, 0.717) is 30.1 Å². The lowest BCUT2D eigenvalue weighted by Gasteiger charge is -2.19. The van der Waals surface area contributed by atoms with Gasteiger partial charge in [0.25, 0.3) is 0 Å². The third kappa shape index (κ3) is 4.78. The number of anilines is 1. The summed E-state index contributed by atoms with van der Waals surface area (Å²) in [6.45, 7) is 6.01. The zero-order valence-electron chi connectivity index (χ0n) is 16.1. The van der Waals surface area contributed by atoms with Gasteiger partial charge in [0.05, 0.1) is 10.6 Å². The fourth-order valence-corrected chi connectivity index (χ4v) is 4.45. The Kier molecular flexibility index (Phi) is 7.33. The lowest BCUT2D eigenvalue weighted by molar-refractivity contribution is -0.116. The van der Waals surface area contributed by atoms with Gasteiger partial charge in [0.2, 0.25) is 15.9 Å². The van der Waals surface area contributed by atoms with Crippen molar-refractivity contribution in [1.29, 1.82) is 0 Å². The van der Waals surface area contributed by atoms with Crippen molar-refractivity contribution in [1.82, 2.24) is 19.1 Å². The molecule has 1 aromatic carbocycles. The number of aromatic hydroxyl groups is 1. The van der Waals surface area contributed by atoms with E-state index in [1.807, 2.05) is 6.92 Å². The Labute approximate surface area is 169 Å². The van der Waals surface area contributed by atoms with Crippen LogP contribution in [0.5, 0.6) is 5.75 Å². The maximum Gasteiger partial charge on any atom is 0.244 e. The van der Waals surface area contributed by atoms with Crippen molar-refractivity contribution in [2.75, 3.05) is 18.4 Å². The first kappa shape index (κ1) is 22.1. The monoisotopic (exact) mass is 427 g/mol. The van der Waals surface area contributed by atoms with Gasteiger partial charge in [-0.25, -0.2) is 8.42 Å². The number of nitrogens with zero attached hydrogens (tertiary/aromatic N) is 3. The SMILES string of the molecule is CCCc1n[nH]c(=S)n1CC(=O)Nc1cc(S(=O)(=O)N(CC)CC)ccc1O. The molecule has 2 rings (SSSR count). The summed E-state index contributed by atoms with van der Waals surface area (Å²) < 4.78 is 28.5. The molecule has 1 heterocycles. The lowest BCUT2D eigenvalue weighted by Crippen LogP contribution is -2.30. The van der Waals surface area contributed by atoms with Crippen LogP contribution in [0, 0.1) is 4.77 Å². The number of rotatable bonds is 9. The van der Waals surface area contributed by atoms with Crippen molar-refractivity contribution >= 4 is 33.8 Å². The molecule has 3 N–H and O–H groups in total. The van der Waals surface area contributed by atoms with Crippen molar-refractivity contribution in [3.05, 3.63) is 28.8 Å². The van der Waals surface area contributed by atoms with Crippen LogP contribution < -0.4 is 5.32 Å². The molecular weight excluding hydrogens is 402 g/mol. The average Bonchev–Trinajstić information content (AvgIpc) is 2.98. The van der Waals surface area contributed by atoms with E-state index in [9.17, 15) is 18.3 Å². The number of carbonyl (C=O) groups excluding carboxylic acids is 1. The number of amides is 1. The zero-order valence-corrected chi connectivity index (χ0v) is 17.7. The molecule has 0 saturated carbocycles. The third-order valence-electron chi connectivity index (χ3n) is 4.20. The van der Waals surface area contributed by atoms with Crippen LogP contribution in [0.4, 0.5) is 5.69 Å². The summed E-state index contributed by atoms with van der Waals surface area (Å²) in [6, 6.07) is 3.81. The van der Waals surface area contributed by atoms with E-state index >= 15 is 0 Å². The van der Waals surface area contributed by atoms with Gasteiger partial charge in [-0.05, 0) is 36.8 Å². The Balaban J connectivity index is 2.26. The summed E-state index contributed by atoms with van der Waals surface area (Å²) in [7, 11) is -3.71. The fraction of sp³-hybridized carbons (Fsp3) is 0.471. The minimum Gasteiger partial charge on any atom is -0.506 e. The lowest BCUT2D eigenvalue weighted by atomic mass is 10.3. The number of nitrogens with one attached hydrogen (secondary N) is 2. The van der Waals surface area contributed by atoms with Crippen molar-refractivity contribution in [3.63, 3.8) is 0 Å². The van der Waals surface area contributed by atoms with Gasteiger partial charge < -0.3 is 10.4 Å². The molecule has 11 heteroatoms. The largest absolute Gasteiger partial charge is 0.506 e. The molecule has 0 radical (unpaired) electrons. The topological polar surface area (TPSA) is 120 Å². The number of phenols is 1. The van der Waals surface area contributed by atoms with Gasteiger partial charge in [-0.1, -0.05) is 20.8 Å². The first-order valence-electron chi connectivity index (χ1n) is 9.01. The normalized spacial score (nSPS) is 11.7. The number of aryl methyl sites for hydroxylation is 1. The first-order chi connectivity index (χ1) is 13.2. The van der Waals surface area contributed by atoms with Crippen LogP contribution in [0.15, 0.2) is 23.1 Å². The maximum absolute atomic E-state index is 12.7. The Morgan fingerprint density at radius 3 is 2.61 bits per heavy atom. The highest BCUT2D eigenvalue weighted by atomic mass is 32.2. The van der Waals surface area contributed by atoms with Gasteiger partial charge in [-0.3, -0.25) is 14.5 Å². The summed E-state index contributed by atoms with van der Waals surface area (Å²) in [5, 5.41) is 19.4. The predicted octanol–water partition coefficient (Wildman–Crippen LogP) is 2.27. The fourth-order valence-electron chi connectivity index (χ4n) is 2.75. The number of benzene rings is 1. The molecule has 1 aromatic heterocycles. The molecule has 0 bridgehead atoms. The predicted molar refractivity (Wildman–Crippen MR) is 108 cm³/mol. The molecular formula is C17H25N5O4S2. The van der Waals surface area contributed by atoms with Crippen LogP contribution in [0.1, 0.15) is 33.0 Å². The molecule has 28 heavy (non-hydrogen) atoms. The van der Waals surface area contributed by atoms with Crippen LogP contribution in [0.25, 0.3) is 0 Å². The number of hydrogen-bond donors (Lipinski definition) is 3. The number of aromatic amines is 1. The van der Waals surface area contributed by atoms with Gasteiger partial charge >= 0.3 is 0 Å². The van der Waals surface area contributed by atoms with E-state index < -0.39 is 15.9 Å². The Bertz CT molecular complexity index is 993. The van der Waals surface area contributed by atoms with Crippen LogP contribution >= 0.6 is 12.2 Å². The number of hydrogen-bond acceptors (Lipinski definition) is 6. The number of carbonyl (C=O) groups is 1. The maximum atomic E-state index is 12.7. The second kappa shape index (κ2) is 9.30. The smallest absolute Gasteiger partial charge is 0.244 e. The van der Waals surface area contributed by atoms with Crippen molar-refractivity contribution < 1.29 is 18.3 Å². The van der Waals surface area contributed by atoms with E-state index in [0.717, 1.165) is 6.42 Å². The van der Waals surface area contributed by atoms with Gasteiger partial charge in [-0.15, -0.1) is 0 Å². The number of sulfonamides is 1. The van der Waals surface area contributed by atoms with Gasteiger partial charge in [0.1, 0.15) is 18.1 Å². The Morgan fingerprint density at radius 2 is 2.00 bits per heavy atom. The summed E-state index contributed by atoms with van der Waals surface area (Å²) in [5.74, 6) is -0.0244. The standard InChI is InChI=1S/C17H25N5O4S2/c1-4-7-15-19-20-17(27)22(15)11-16(24)18-13-10-12(8-9-14(13)23)28(25,26)21(5-2)6-3/h8-10,23H,4-7,11H2,1-3H3,(H,18,24)(H,20,27). The number of aromatic nitrogens is 3. The summed E-state index contributed by atoms with van der Waals surface area (Å²) in [4.78, 5) is 12.5. The minimum absolute atomic E-state index is 0.00380. The highest BCUT2D eigenvalue weighted by molar-refractivity contribution is 7.89. The summed E-state index contributed by atoms with van der Waals surface area (Å²) >= 11 is 5.15. The molecule has 0 fully saturated rings. The third-order valence-corrected chi connectivity index (χ3v) is 6.56. The molecule has 0 unspecified atom stereocenters.